The summed E-state index contributed by atoms with van der Waals surface area (Å²) in [5, 5.41) is 10.5. The van der Waals surface area contributed by atoms with Crippen molar-refractivity contribution in [2.75, 3.05) is 26.2 Å². The number of β-amino-alcohol motifs (C(OH)–C–C–N with tert-alkyl or cyclic N) is 1. The molecule has 1 fully saturated rings. The van der Waals surface area contributed by atoms with Crippen LogP contribution in [-0.4, -0.2) is 59.1 Å². The number of rotatable bonds is 6. The number of carbonyl (C=O) groups excluding carboxylic acids is 1. The zero-order chi connectivity index (χ0) is 17.6. The highest BCUT2D eigenvalue weighted by atomic mass is 16.3. The van der Waals surface area contributed by atoms with Crippen LogP contribution in [0.2, 0.25) is 0 Å². The van der Waals surface area contributed by atoms with Crippen LogP contribution in [0.5, 0.6) is 0 Å². The lowest BCUT2D eigenvalue weighted by Crippen LogP contribution is -2.47. The fourth-order valence-electron chi connectivity index (χ4n) is 3.47. The van der Waals surface area contributed by atoms with Crippen LogP contribution in [0, 0.1) is 0 Å². The van der Waals surface area contributed by atoms with Crippen LogP contribution in [-0.2, 0) is 6.42 Å². The normalized spacial score (nSPS) is 20.6. The maximum absolute atomic E-state index is 13.1. The van der Waals surface area contributed by atoms with E-state index in [1.54, 1.807) is 0 Å². The lowest BCUT2D eigenvalue weighted by molar-refractivity contribution is 0.0507. The maximum atomic E-state index is 13.1. The molecule has 1 heterocycles. The van der Waals surface area contributed by atoms with Crippen LogP contribution in [0.4, 0.5) is 0 Å². The molecule has 3 rings (SSSR count). The maximum Gasteiger partial charge on any atom is 0.254 e. The van der Waals surface area contributed by atoms with Crippen LogP contribution < -0.4 is 0 Å². The molecule has 0 radical (unpaired) electrons. The molecule has 4 nitrogen and oxygen atoms in total. The second-order valence-corrected chi connectivity index (χ2v) is 6.59. The van der Waals surface area contributed by atoms with E-state index in [2.05, 4.69) is 24.0 Å². The summed E-state index contributed by atoms with van der Waals surface area (Å²) < 4.78 is 0. The molecule has 1 N–H and O–H groups in total. The summed E-state index contributed by atoms with van der Waals surface area (Å²) >= 11 is 0. The van der Waals surface area contributed by atoms with Crippen LogP contribution in [0.15, 0.2) is 60.7 Å². The van der Waals surface area contributed by atoms with Gasteiger partial charge in [-0.1, -0.05) is 55.5 Å². The highest BCUT2D eigenvalue weighted by molar-refractivity contribution is 5.94. The van der Waals surface area contributed by atoms with E-state index in [0.717, 1.165) is 19.5 Å². The van der Waals surface area contributed by atoms with Gasteiger partial charge in [0.1, 0.15) is 0 Å². The molecule has 2 atom stereocenters. The van der Waals surface area contributed by atoms with Gasteiger partial charge in [0.05, 0.1) is 12.1 Å². The van der Waals surface area contributed by atoms with Crippen molar-refractivity contribution in [2.45, 2.75) is 25.5 Å². The minimum atomic E-state index is -0.497. The molecular weight excluding hydrogens is 312 g/mol. The molecule has 1 aliphatic rings. The molecule has 1 saturated heterocycles. The highest BCUT2D eigenvalue weighted by Crippen LogP contribution is 2.19. The van der Waals surface area contributed by atoms with Crippen molar-refractivity contribution in [1.82, 2.24) is 9.80 Å². The average Bonchev–Trinajstić information content (AvgIpc) is 3.04. The molecule has 2 unspecified atom stereocenters. The quantitative estimate of drug-likeness (QED) is 0.880. The Hall–Kier alpha value is -2.17. The van der Waals surface area contributed by atoms with Gasteiger partial charge in [-0.25, -0.2) is 0 Å². The zero-order valence-electron chi connectivity index (χ0n) is 14.7. The van der Waals surface area contributed by atoms with E-state index < -0.39 is 6.10 Å². The number of amides is 1. The van der Waals surface area contributed by atoms with Crippen molar-refractivity contribution in [3.63, 3.8) is 0 Å². The van der Waals surface area contributed by atoms with Gasteiger partial charge >= 0.3 is 0 Å². The van der Waals surface area contributed by atoms with Gasteiger partial charge in [-0.3, -0.25) is 9.69 Å². The SMILES string of the molecule is CCN1CC(O)C(N(CCc2ccccc2)C(=O)c2ccccc2)C1. The van der Waals surface area contributed by atoms with Crippen LogP contribution in [0.25, 0.3) is 0 Å². The first-order valence-electron chi connectivity index (χ1n) is 8.99. The van der Waals surface area contributed by atoms with Gasteiger partial charge in [0, 0.05) is 25.2 Å². The van der Waals surface area contributed by atoms with Crippen LogP contribution >= 0.6 is 0 Å². The van der Waals surface area contributed by atoms with E-state index >= 15 is 0 Å². The van der Waals surface area contributed by atoms with Crippen molar-refractivity contribution < 1.29 is 9.90 Å². The molecule has 0 bridgehead atoms. The lowest BCUT2D eigenvalue weighted by Gasteiger charge is -2.31. The van der Waals surface area contributed by atoms with Gasteiger partial charge in [0.15, 0.2) is 0 Å². The van der Waals surface area contributed by atoms with Gasteiger partial charge in [0.2, 0.25) is 0 Å². The number of carbonyl (C=O) groups is 1. The summed E-state index contributed by atoms with van der Waals surface area (Å²) in [5.41, 5.74) is 1.88. The molecule has 0 aromatic heterocycles. The summed E-state index contributed by atoms with van der Waals surface area (Å²) in [7, 11) is 0. The topological polar surface area (TPSA) is 43.8 Å². The van der Waals surface area contributed by atoms with E-state index in [1.807, 2.05) is 53.4 Å². The molecule has 2 aromatic carbocycles. The number of hydrogen-bond donors (Lipinski definition) is 1. The minimum absolute atomic E-state index is 0.00136. The Bertz CT molecular complexity index is 675. The summed E-state index contributed by atoms with van der Waals surface area (Å²) in [4.78, 5) is 17.2. The molecule has 1 amide bonds. The Kier molecular flexibility index (Phi) is 5.84. The first-order valence-corrected chi connectivity index (χ1v) is 8.99. The first kappa shape index (κ1) is 17.6. The Morgan fingerprint density at radius 3 is 2.32 bits per heavy atom. The molecule has 132 valence electrons. The summed E-state index contributed by atoms with van der Waals surface area (Å²) in [5.74, 6) is -0.00136. The second kappa shape index (κ2) is 8.28. The number of likely N-dealkylation sites (N-methyl/N-ethyl adjacent to an activating group) is 1. The van der Waals surface area contributed by atoms with Gasteiger partial charge in [-0.05, 0) is 30.7 Å². The average molecular weight is 338 g/mol. The number of aliphatic hydroxyl groups is 1. The van der Waals surface area contributed by atoms with Crippen LogP contribution in [0.3, 0.4) is 0 Å². The standard InChI is InChI=1S/C21H26N2O2/c1-2-22-15-19(20(24)16-22)23(14-13-17-9-5-3-6-10-17)21(25)18-11-7-4-8-12-18/h3-12,19-20,24H,2,13-16H2,1H3. The van der Waals surface area contributed by atoms with E-state index in [0.29, 0.717) is 18.7 Å². The molecule has 1 aliphatic heterocycles. The third-order valence-electron chi connectivity index (χ3n) is 4.95. The van der Waals surface area contributed by atoms with Crippen molar-refractivity contribution >= 4 is 5.91 Å². The Morgan fingerprint density at radius 1 is 1.08 bits per heavy atom. The minimum Gasteiger partial charge on any atom is -0.390 e. The molecule has 0 saturated carbocycles. The number of aliphatic hydroxyl groups excluding tert-OH is 1. The van der Waals surface area contributed by atoms with Gasteiger partial charge < -0.3 is 10.0 Å². The largest absolute Gasteiger partial charge is 0.390 e. The number of nitrogens with zero attached hydrogens (tertiary/aromatic N) is 2. The molecular formula is C21H26N2O2. The fraction of sp³-hybridized carbons (Fsp3) is 0.381. The van der Waals surface area contributed by atoms with E-state index in [9.17, 15) is 9.90 Å². The highest BCUT2D eigenvalue weighted by Gasteiger charge is 2.37. The van der Waals surface area contributed by atoms with Crippen molar-refractivity contribution in [2.24, 2.45) is 0 Å². The van der Waals surface area contributed by atoms with Gasteiger partial charge in [-0.15, -0.1) is 0 Å². The van der Waals surface area contributed by atoms with E-state index in [-0.39, 0.29) is 11.9 Å². The van der Waals surface area contributed by atoms with E-state index in [1.165, 1.54) is 5.56 Å². The monoisotopic (exact) mass is 338 g/mol. The third-order valence-corrected chi connectivity index (χ3v) is 4.95. The second-order valence-electron chi connectivity index (χ2n) is 6.59. The summed E-state index contributed by atoms with van der Waals surface area (Å²) in [6.45, 7) is 4.94. The Morgan fingerprint density at radius 2 is 1.72 bits per heavy atom. The van der Waals surface area contributed by atoms with Crippen molar-refractivity contribution in [3.05, 3.63) is 71.8 Å². The van der Waals surface area contributed by atoms with E-state index in [4.69, 9.17) is 0 Å². The van der Waals surface area contributed by atoms with Crippen molar-refractivity contribution in [3.8, 4) is 0 Å². The van der Waals surface area contributed by atoms with Crippen molar-refractivity contribution in [1.29, 1.82) is 0 Å². The Labute approximate surface area is 149 Å². The fourth-order valence-corrected chi connectivity index (χ4v) is 3.47. The number of hydrogen-bond acceptors (Lipinski definition) is 3. The predicted molar refractivity (Wildman–Crippen MR) is 99.5 cm³/mol. The number of benzene rings is 2. The third kappa shape index (κ3) is 4.27. The van der Waals surface area contributed by atoms with Gasteiger partial charge in [0.25, 0.3) is 5.91 Å². The summed E-state index contributed by atoms with van der Waals surface area (Å²) in [6, 6.07) is 19.4. The van der Waals surface area contributed by atoms with Crippen LogP contribution in [0.1, 0.15) is 22.8 Å². The zero-order valence-corrected chi connectivity index (χ0v) is 14.7. The molecule has 4 heteroatoms. The summed E-state index contributed by atoms with van der Waals surface area (Å²) in [6.07, 6.45) is 0.290. The molecule has 0 spiro atoms. The Balaban J connectivity index is 1.79. The lowest BCUT2D eigenvalue weighted by atomic mass is 10.1. The molecule has 2 aromatic rings. The number of likely N-dealkylation sites (tertiary alicyclic amines) is 1. The predicted octanol–water partition coefficient (Wildman–Crippen LogP) is 2.44. The van der Waals surface area contributed by atoms with Gasteiger partial charge in [-0.2, -0.15) is 0 Å². The molecule has 0 aliphatic carbocycles. The molecule has 25 heavy (non-hydrogen) atoms. The smallest absolute Gasteiger partial charge is 0.254 e. The first-order chi connectivity index (χ1) is 12.2.